The normalized spacial score (nSPS) is 11.2. The van der Waals surface area contributed by atoms with Crippen LogP contribution in [0.2, 0.25) is 0 Å². The Kier molecular flexibility index (Phi) is 2.64. The Morgan fingerprint density at radius 2 is 2.33 bits per heavy atom. The zero-order valence-corrected chi connectivity index (χ0v) is 7.20. The first-order valence-electron chi connectivity index (χ1n) is 3.72. The van der Waals surface area contributed by atoms with E-state index in [1.807, 2.05) is 23.8 Å². The molecule has 1 rings (SSSR count). The number of hydrogen-bond acceptors (Lipinski definition) is 1. The number of hydrogen-bond donors (Lipinski definition) is 0. The van der Waals surface area contributed by atoms with Crippen LogP contribution in [0.15, 0.2) is 49.6 Å². The Morgan fingerprint density at radius 3 is 2.75 bits per heavy atom. The zero-order chi connectivity index (χ0) is 8.97. The van der Waals surface area contributed by atoms with Gasteiger partial charge in [0.1, 0.15) is 0 Å². The number of nitrogens with zero attached hydrogens (tertiary/aromatic N) is 2. The number of rotatable bonds is 3. The van der Waals surface area contributed by atoms with Crippen LogP contribution in [0.5, 0.6) is 0 Å². The van der Waals surface area contributed by atoms with Crippen molar-refractivity contribution < 1.29 is 0 Å². The Balaban J connectivity index is 2.98. The van der Waals surface area contributed by atoms with E-state index in [0.717, 1.165) is 11.3 Å². The predicted octanol–water partition coefficient (Wildman–Crippen LogP) is 2.49. The lowest BCUT2D eigenvalue weighted by molar-refractivity contribution is 1.10. The van der Waals surface area contributed by atoms with Crippen molar-refractivity contribution in [3.8, 4) is 0 Å². The van der Waals surface area contributed by atoms with E-state index in [1.54, 1.807) is 18.6 Å². The highest BCUT2D eigenvalue weighted by atomic mass is 15.0. The van der Waals surface area contributed by atoms with Gasteiger partial charge in [0.25, 0.3) is 0 Å². The molecule has 0 saturated heterocycles. The average molecular weight is 160 g/mol. The second kappa shape index (κ2) is 3.72. The van der Waals surface area contributed by atoms with Crippen molar-refractivity contribution in [3.05, 3.63) is 49.6 Å². The first-order chi connectivity index (χ1) is 5.74. The van der Waals surface area contributed by atoms with Crippen LogP contribution in [0.1, 0.15) is 6.92 Å². The van der Waals surface area contributed by atoms with E-state index < -0.39 is 0 Å². The maximum Gasteiger partial charge on any atom is 0.0991 e. The first-order valence-corrected chi connectivity index (χ1v) is 3.72. The summed E-state index contributed by atoms with van der Waals surface area (Å²) < 4.78 is 1.89. The number of imidazole rings is 1. The van der Waals surface area contributed by atoms with Crippen LogP contribution >= 0.6 is 0 Å². The average Bonchev–Trinajstić information content (AvgIpc) is 2.51. The van der Waals surface area contributed by atoms with Gasteiger partial charge in [-0.15, -0.1) is 0 Å². The smallest absolute Gasteiger partial charge is 0.0991 e. The molecule has 0 bridgehead atoms. The van der Waals surface area contributed by atoms with Gasteiger partial charge in [0, 0.05) is 18.1 Å². The van der Waals surface area contributed by atoms with Crippen LogP contribution in [-0.4, -0.2) is 9.55 Å². The maximum atomic E-state index is 3.94. The molecule has 0 spiro atoms. The summed E-state index contributed by atoms with van der Waals surface area (Å²) in [6.45, 7) is 9.45. The lowest BCUT2D eigenvalue weighted by atomic mass is 10.2. The minimum atomic E-state index is 0.986. The Hall–Kier alpha value is -1.57. The molecule has 0 aliphatic rings. The molecule has 62 valence electrons. The van der Waals surface area contributed by atoms with Gasteiger partial charge in [-0.1, -0.05) is 18.7 Å². The Labute approximate surface area is 72.6 Å². The maximum absolute atomic E-state index is 3.94. The molecule has 0 aliphatic carbocycles. The SMILES string of the molecule is C=C/C(=C\C(=C)C)n1ccnc1. The van der Waals surface area contributed by atoms with Crippen LogP contribution in [0.25, 0.3) is 5.70 Å². The van der Waals surface area contributed by atoms with Crippen molar-refractivity contribution in [2.75, 3.05) is 0 Å². The number of aromatic nitrogens is 2. The van der Waals surface area contributed by atoms with Crippen molar-refractivity contribution in [1.82, 2.24) is 9.55 Å². The number of allylic oxidation sites excluding steroid dienone is 4. The van der Waals surface area contributed by atoms with Crippen LogP contribution < -0.4 is 0 Å². The summed E-state index contributed by atoms with van der Waals surface area (Å²) >= 11 is 0. The van der Waals surface area contributed by atoms with E-state index in [0.29, 0.717) is 0 Å². The molecular formula is C10H12N2. The summed E-state index contributed by atoms with van der Waals surface area (Å²) in [6, 6.07) is 0. The topological polar surface area (TPSA) is 17.8 Å². The molecule has 0 aliphatic heterocycles. The van der Waals surface area contributed by atoms with Crippen molar-refractivity contribution in [2.45, 2.75) is 6.92 Å². The molecule has 12 heavy (non-hydrogen) atoms. The highest BCUT2D eigenvalue weighted by molar-refractivity contribution is 5.59. The van der Waals surface area contributed by atoms with Crippen LogP contribution in [0.3, 0.4) is 0 Å². The van der Waals surface area contributed by atoms with Crippen LogP contribution in [-0.2, 0) is 0 Å². The van der Waals surface area contributed by atoms with E-state index in [9.17, 15) is 0 Å². The molecule has 1 heterocycles. The van der Waals surface area contributed by atoms with E-state index in [4.69, 9.17) is 0 Å². The summed E-state index contributed by atoms with van der Waals surface area (Å²) in [5.74, 6) is 0. The molecule has 0 radical (unpaired) electrons. The fourth-order valence-electron chi connectivity index (χ4n) is 0.903. The van der Waals surface area contributed by atoms with E-state index in [1.165, 1.54) is 0 Å². The van der Waals surface area contributed by atoms with Gasteiger partial charge in [-0.2, -0.15) is 0 Å². The molecule has 0 amide bonds. The molecule has 0 fully saturated rings. The summed E-state index contributed by atoms with van der Waals surface area (Å²) in [5.41, 5.74) is 1.98. The minimum absolute atomic E-state index is 0.986. The molecule has 0 saturated carbocycles. The van der Waals surface area contributed by atoms with Crippen LogP contribution in [0, 0.1) is 0 Å². The minimum Gasteiger partial charge on any atom is -0.306 e. The molecular weight excluding hydrogens is 148 g/mol. The Morgan fingerprint density at radius 1 is 1.58 bits per heavy atom. The van der Waals surface area contributed by atoms with E-state index in [2.05, 4.69) is 18.1 Å². The lowest BCUT2D eigenvalue weighted by Gasteiger charge is -2.01. The third kappa shape index (κ3) is 1.95. The van der Waals surface area contributed by atoms with Gasteiger partial charge in [0.05, 0.1) is 6.33 Å². The van der Waals surface area contributed by atoms with Crippen molar-refractivity contribution in [3.63, 3.8) is 0 Å². The molecule has 0 unspecified atom stereocenters. The van der Waals surface area contributed by atoms with Gasteiger partial charge in [-0.05, 0) is 19.1 Å². The summed E-state index contributed by atoms with van der Waals surface area (Å²) in [7, 11) is 0. The van der Waals surface area contributed by atoms with E-state index >= 15 is 0 Å². The highest BCUT2D eigenvalue weighted by Crippen LogP contribution is 2.07. The molecule has 2 nitrogen and oxygen atoms in total. The fraction of sp³-hybridized carbons (Fsp3) is 0.100. The largest absolute Gasteiger partial charge is 0.306 e. The molecule has 1 aromatic heterocycles. The van der Waals surface area contributed by atoms with Gasteiger partial charge in [0.2, 0.25) is 0 Å². The zero-order valence-electron chi connectivity index (χ0n) is 7.20. The van der Waals surface area contributed by atoms with Crippen LogP contribution in [0.4, 0.5) is 0 Å². The van der Waals surface area contributed by atoms with Gasteiger partial charge in [0.15, 0.2) is 0 Å². The van der Waals surface area contributed by atoms with Gasteiger partial charge >= 0.3 is 0 Å². The molecule has 0 atom stereocenters. The first kappa shape index (κ1) is 8.53. The van der Waals surface area contributed by atoms with Gasteiger partial charge in [-0.25, -0.2) is 4.98 Å². The van der Waals surface area contributed by atoms with Crippen molar-refractivity contribution in [2.24, 2.45) is 0 Å². The monoisotopic (exact) mass is 160 g/mol. The van der Waals surface area contributed by atoms with E-state index in [-0.39, 0.29) is 0 Å². The van der Waals surface area contributed by atoms with Gasteiger partial charge in [-0.3, -0.25) is 0 Å². The second-order valence-electron chi connectivity index (χ2n) is 2.59. The second-order valence-corrected chi connectivity index (χ2v) is 2.59. The third-order valence-electron chi connectivity index (χ3n) is 1.41. The summed E-state index contributed by atoms with van der Waals surface area (Å²) in [5, 5.41) is 0. The molecule has 1 aromatic rings. The Bertz CT molecular complexity index is 305. The molecule has 2 heteroatoms. The quantitative estimate of drug-likeness (QED) is 0.621. The summed E-state index contributed by atoms with van der Waals surface area (Å²) in [4.78, 5) is 3.94. The van der Waals surface area contributed by atoms with Crippen molar-refractivity contribution in [1.29, 1.82) is 0 Å². The fourth-order valence-corrected chi connectivity index (χ4v) is 0.903. The van der Waals surface area contributed by atoms with Crippen molar-refractivity contribution >= 4 is 5.70 Å². The predicted molar refractivity (Wildman–Crippen MR) is 51.5 cm³/mol. The molecule has 0 aromatic carbocycles. The highest BCUT2D eigenvalue weighted by Gasteiger charge is 1.92. The summed E-state index contributed by atoms with van der Waals surface area (Å²) in [6.07, 6.45) is 9.06. The lowest BCUT2D eigenvalue weighted by Crippen LogP contribution is -1.89. The molecule has 0 N–H and O–H groups in total. The van der Waals surface area contributed by atoms with Gasteiger partial charge < -0.3 is 4.57 Å². The third-order valence-corrected chi connectivity index (χ3v) is 1.41. The standard InChI is InChI=1S/C10H12N2/c1-4-10(7-9(2)3)12-6-5-11-8-12/h4-8H,1-2H2,3H3/b10-7+.